The number of hydrogen-bond acceptors (Lipinski definition) is 8. The van der Waals surface area contributed by atoms with Gasteiger partial charge in [-0.2, -0.15) is 37.2 Å². The summed E-state index contributed by atoms with van der Waals surface area (Å²) in [6.45, 7) is 0. The van der Waals surface area contributed by atoms with E-state index in [1.165, 1.54) is 6.07 Å². The van der Waals surface area contributed by atoms with E-state index in [9.17, 15) is 21.4 Å². The molecule has 0 aliphatic carbocycles. The fourth-order valence-corrected chi connectivity index (χ4v) is 3.49. The minimum absolute atomic E-state index is 0.0115. The molecule has 2 aromatic carbocycles. The fraction of sp³-hybridized carbons (Fsp3) is 0. The second-order valence-corrected chi connectivity index (χ2v) is 7.12. The lowest BCUT2D eigenvalue weighted by atomic mass is 10.3. The summed E-state index contributed by atoms with van der Waals surface area (Å²) in [7, 11) is -9.38. The minimum atomic E-state index is -4.85. The molecule has 9 nitrogen and oxygen atoms in total. The highest BCUT2D eigenvalue weighted by atomic mass is 32.2. The average molecular weight is 357 g/mol. The maximum atomic E-state index is 11.6. The summed E-state index contributed by atoms with van der Waals surface area (Å²) in [4.78, 5) is -1.71. The largest absolute Gasteiger partial charge is 0.314 e. The van der Waals surface area contributed by atoms with Gasteiger partial charge in [0.1, 0.15) is 9.79 Å². The van der Waals surface area contributed by atoms with Gasteiger partial charge in [0.05, 0.1) is 11.4 Å². The molecule has 0 saturated heterocycles. The molecule has 11 heteroatoms. The first kappa shape index (κ1) is 17.2. The molecule has 0 radical (unpaired) electrons. The maximum Gasteiger partial charge on any atom is 0.314 e. The van der Waals surface area contributed by atoms with E-state index in [1.807, 2.05) is 0 Å². The van der Waals surface area contributed by atoms with Gasteiger partial charge in [-0.25, -0.2) is 0 Å². The topological polar surface area (TPSA) is 148 Å². The molecule has 0 aromatic heterocycles. The van der Waals surface area contributed by atoms with Crippen LogP contribution >= 0.6 is 0 Å². The van der Waals surface area contributed by atoms with Crippen LogP contribution in [0.4, 0.5) is 11.4 Å². The van der Waals surface area contributed by atoms with Crippen LogP contribution in [-0.4, -0.2) is 21.4 Å². The first-order valence-corrected chi connectivity index (χ1v) is 8.80. The van der Waals surface area contributed by atoms with Crippen LogP contribution in [0, 0.1) is 0 Å². The molecule has 3 N–H and O–H groups in total. The van der Waals surface area contributed by atoms with E-state index in [0.717, 1.165) is 12.1 Å². The summed E-state index contributed by atoms with van der Waals surface area (Å²) in [5.74, 6) is 4.62. The van der Waals surface area contributed by atoms with Crippen molar-refractivity contribution in [3.8, 4) is 0 Å². The molecule has 23 heavy (non-hydrogen) atoms. The molecule has 0 amide bonds. The van der Waals surface area contributed by atoms with Crippen LogP contribution in [0.15, 0.2) is 68.6 Å². The summed E-state index contributed by atoms with van der Waals surface area (Å²) < 4.78 is 58.8. The van der Waals surface area contributed by atoms with Gasteiger partial charge in [-0.3, -0.25) is 4.55 Å². The van der Waals surface area contributed by atoms with Crippen molar-refractivity contribution in [2.75, 3.05) is 0 Å². The van der Waals surface area contributed by atoms with Gasteiger partial charge in [0.25, 0.3) is 10.1 Å². The van der Waals surface area contributed by atoms with Crippen LogP contribution in [0.5, 0.6) is 0 Å². The SMILES string of the molecule is NOS(=O)(=O)c1ccc(N=Nc2ccccc2)cc1S(=O)(=O)O. The summed E-state index contributed by atoms with van der Waals surface area (Å²) in [6, 6.07) is 11.5. The Bertz CT molecular complexity index is 940. The summed E-state index contributed by atoms with van der Waals surface area (Å²) in [6.07, 6.45) is 0. The van der Waals surface area contributed by atoms with E-state index in [1.54, 1.807) is 30.3 Å². The van der Waals surface area contributed by atoms with Gasteiger partial charge in [0.2, 0.25) is 0 Å². The highest BCUT2D eigenvalue weighted by Gasteiger charge is 2.26. The van der Waals surface area contributed by atoms with Crippen LogP contribution in [0.25, 0.3) is 0 Å². The Morgan fingerprint density at radius 1 is 0.870 bits per heavy atom. The summed E-state index contributed by atoms with van der Waals surface area (Å²) in [5.41, 5.74) is 0.514. The quantitative estimate of drug-likeness (QED) is 0.471. The van der Waals surface area contributed by atoms with Gasteiger partial charge < -0.3 is 0 Å². The van der Waals surface area contributed by atoms with Crippen LogP contribution in [0.1, 0.15) is 0 Å². The molecule has 0 aliphatic heterocycles. The zero-order chi connectivity index (χ0) is 17.1. The van der Waals surface area contributed by atoms with Gasteiger partial charge in [-0.05, 0) is 30.3 Å². The zero-order valence-electron chi connectivity index (χ0n) is 11.4. The number of azo groups is 1. The Morgan fingerprint density at radius 2 is 1.48 bits per heavy atom. The van der Waals surface area contributed by atoms with E-state index in [2.05, 4.69) is 20.4 Å². The van der Waals surface area contributed by atoms with E-state index in [0.29, 0.717) is 5.69 Å². The van der Waals surface area contributed by atoms with Crippen molar-refractivity contribution in [2.24, 2.45) is 16.1 Å². The lowest BCUT2D eigenvalue weighted by molar-refractivity contribution is 0.331. The predicted octanol–water partition coefficient (Wildman–Crippen LogP) is 1.93. The van der Waals surface area contributed by atoms with Crippen molar-refractivity contribution in [1.29, 1.82) is 0 Å². The molecule has 0 bridgehead atoms. The van der Waals surface area contributed by atoms with E-state index < -0.39 is 30.0 Å². The Kier molecular flexibility index (Phi) is 4.87. The van der Waals surface area contributed by atoms with E-state index >= 15 is 0 Å². The van der Waals surface area contributed by atoms with E-state index in [-0.39, 0.29) is 5.69 Å². The average Bonchev–Trinajstić information content (AvgIpc) is 2.53. The molecule has 0 saturated carbocycles. The number of nitrogens with two attached hydrogens (primary N) is 1. The highest BCUT2D eigenvalue weighted by Crippen LogP contribution is 2.28. The molecule has 0 fully saturated rings. The number of nitrogens with zero attached hydrogens (tertiary/aromatic N) is 2. The summed E-state index contributed by atoms with van der Waals surface area (Å²) in [5, 5.41) is 7.64. The zero-order valence-corrected chi connectivity index (χ0v) is 13.0. The van der Waals surface area contributed by atoms with Gasteiger partial charge >= 0.3 is 10.1 Å². The first-order chi connectivity index (χ1) is 10.7. The van der Waals surface area contributed by atoms with Gasteiger partial charge in [-0.15, -0.1) is 0 Å². The Morgan fingerprint density at radius 3 is 2.04 bits per heavy atom. The molecular formula is C12H11N3O6S2. The second-order valence-electron chi connectivity index (χ2n) is 4.19. The molecular weight excluding hydrogens is 346 g/mol. The van der Waals surface area contributed by atoms with Gasteiger partial charge in [0.15, 0.2) is 0 Å². The molecule has 0 unspecified atom stereocenters. The fourth-order valence-electron chi connectivity index (χ4n) is 1.63. The Labute approximate surface area is 132 Å². The van der Waals surface area contributed by atoms with Crippen molar-refractivity contribution >= 4 is 31.6 Å². The standard InChI is InChI=1S/C12H11N3O6S2/c13-21-23(19,20)11-7-6-10(8-12(11)22(16,17)18)15-14-9-4-2-1-3-5-9/h1-8H,13H2,(H,16,17,18). The van der Waals surface area contributed by atoms with Crippen molar-refractivity contribution in [3.05, 3.63) is 48.5 Å². The monoisotopic (exact) mass is 357 g/mol. The molecule has 0 aliphatic rings. The molecule has 2 rings (SSSR count). The van der Waals surface area contributed by atoms with Crippen LogP contribution < -0.4 is 5.90 Å². The minimum Gasteiger partial charge on any atom is -0.282 e. The normalized spacial score (nSPS) is 12.6. The van der Waals surface area contributed by atoms with E-state index in [4.69, 9.17) is 0 Å². The molecule has 122 valence electrons. The van der Waals surface area contributed by atoms with Crippen molar-refractivity contribution in [3.63, 3.8) is 0 Å². The smallest absolute Gasteiger partial charge is 0.282 e. The third kappa shape index (κ3) is 4.18. The highest BCUT2D eigenvalue weighted by molar-refractivity contribution is 7.89. The molecule has 2 aromatic rings. The lowest BCUT2D eigenvalue weighted by Gasteiger charge is -2.06. The Balaban J connectivity index is 2.52. The lowest BCUT2D eigenvalue weighted by Crippen LogP contribution is -2.15. The van der Waals surface area contributed by atoms with Crippen molar-refractivity contribution in [2.45, 2.75) is 9.79 Å². The van der Waals surface area contributed by atoms with Crippen LogP contribution in [0.2, 0.25) is 0 Å². The number of rotatable bonds is 5. The van der Waals surface area contributed by atoms with Gasteiger partial charge in [0, 0.05) is 0 Å². The van der Waals surface area contributed by atoms with Crippen molar-refractivity contribution < 1.29 is 25.7 Å². The number of hydrogen-bond donors (Lipinski definition) is 2. The van der Waals surface area contributed by atoms with Crippen molar-refractivity contribution in [1.82, 2.24) is 0 Å². The maximum absolute atomic E-state index is 11.6. The summed E-state index contributed by atoms with van der Waals surface area (Å²) >= 11 is 0. The third-order valence-electron chi connectivity index (χ3n) is 2.64. The second kappa shape index (κ2) is 6.52. The van der Waals surface area contributed by atoms with Crippen LogP contribution in [0.3, 0.4) is 0 Å². The Hall–Kier alpha value is -2.18. The number of benzene rings is 2. The third-order valence-corrected chi connectivity index (χ3v) is 4.81. The predicted molar refractivity (Wildman–Crippen MR) is 79.3 cm³/mol. The first-order valence-electron chi connectivity index (χ1n) is 5.96. The van der Waals surface area contributed by atoms with Crippen LogP contribution in [-0.2, 0) is 24.5 Å². The molecule has 0 heterocycles. The molecule has 0 spiro atoms. The molecule has 0 atom stereocenters. The van der Waals surface area contributed by atoms with Gasteiger partial charge in [-0.1, -0.05) is 18.2 Å².